The van der Waals surface area contributed by atoms with Crippen LogP contribution < -0.4 is 5.73 Å². The molecule has 6 heteroatoms. The van der Waals surface area contributed by atoms with Gasteiger partial charge in [0.15, 0.2) is 0 Å². The Labute approximate surface area is 119 Å². The molecule has 6 nitrogen and oxygen atoms in total. The van der Waals surface area contributed by atoms with Crippen molar-refractivity contribution in [3.8, 4) is 0 Å². The lowest BCUT2D eigenvalue weighted by molar-refractivity contribution is -0.146. The van der Waals surface area contributed by atoms with E-state index < -0.39 is 17.4 Å². The number of carboxylic acid groups (broad SMARTS) is 1. The summed E-state index contributed by atoms with van der Waals surface area (Å²) in [5, 5.41) is 9.26. The Morgan fingerprint density at radius 3 is 2.55 bits per heavy atom. The quantitative estimate of drug-likeness (QED) is 0.771. The van der Waals surface area contributed by atoms with E-state index in [1.807, 2.05) is 6.92 Å². The van der Waals surface area contributed by atoms with Crippen molar-refractivity contribution in [3.63, 3.8) is 0 Å². The zero-order valence-corrected chi connectivity index (χ0v) is 12.0. The fourth-order valence-corrected chi connectivity index (χ4v) is 3.25. The molecule has 1 aliphatic heterocycles. The van der Waals surface area contributed by atoms with Crippen molar-refractivity contribution in [2.45, 2.75) is 50.6 Å². The molecule has 0 spiro atoms. The van der Waals surface area contributed by atoms with Crippen molar-refractivity contribution < 1.29 is 19.4 Å². The number of hydrogen-bond acceptors (Lipinski definition) is 4. The minimum atomic E-state index is -0.904. The lowest BCUT2D eigenvalue weighted by Gasteiger charge is -2.36. The zero-order chi connectivity index (χ0) is 14.8. The largest absolute Gasteiger partial charge is 0.481 e. The smallest absolute Gasteiger partial charge is 0.311 e. The number of nitrogens with zero attached hydrogens (tertiary/aromatic N) is 1. The van der Waals surface area contributed by atoms with E-state index in [2.05, 4.69) is 0 Å². The minimum absolute atomic E-state index is 0.0985. The molecule has 2 aliphatic rings. The summed E-state index contributed by atoms with van der Waals surface area (Å²) in [5.74, 6) is -1.65. The van der Waals surface area contributed by atoms with Crippen molar-refractivity contribution in [1.29, 1.82) is 0 Å². The second-order valence-electron chi connectivity index (χ2n) is 5.91. The number of nitrogens with two attached hydrogens (primary N) is 1. The third-order valence-electron chi connectivity index (χ3n) is 4.42. The Kier molecular flexibility index (Phi) is 4.65. The molecule has 1 saturated heterocycles. The highest BCUT2D eigenvalue weighted by atomic mass is 16.5. The normalized spacial score (nSPS) is 28.5. The first kappa shape index (κ1) is 15.3. The molecule has 2 atom stereocenters. The van der Waals surface area contributed by atoms with E-state index in [1.54, 1.807) is 4.90 Å². The molecule has 1 amide bonds. The van der Waals surface area contributed by atoms with Gasteiger partial charge in [-0.1, -0.05) is 19.8 Å². The van der Waals surface area contributed by atoms with Gasteiger partial charge in [0.2, 0.25) is 5.91 Å². The van der Waals surface area contributed by atoms with E-state index in [0.717, 1.165) is 19.3 Å². The van der Waals surface area contributed by atoms with Crippen LogP contribution in [0.25, 0.3) is 0 Å². The summed E-state index contributed by atoms with van der Waals surface area (Å²) in [6.07, 6.45) is 4.09. The first-order valence-corrected chi connectivity index (χ1v) is 7.40. The van der Waals surface area contributed by atoms with Gasteiger partial charge in [-0.15, -0.1) is 0 Å². The fourth-order valence-electron chi connectivity index (χ4n) is 3.25. The van der Waals surface area contributed by atoms with Gasteiger partial charge in [0, 0.05) is 6.54 Å². The second kappa shape index (κ2) is 6.10. The van der Waals surface area contributed by atoms with E-state index in [-0.39, 0.29) is 18.6 Å². The first-order valence-electron chi connectivity index (χ1n) is 7.40. The Bertz CT molecular complexity index is 379. The van der Waals surface area contributed by atoms with E-state index in [4.69, 9.17) is 10.5 Å². The van der Waals surface area contributed by atoms with Crippen molar-refractivity contribution in [3.05, 3.63) is 0 Å². The summed E-state index contributed by atoms with van der Waals surface area (Å²) in [7, 11) is 0. The number of carbonyl (C=O) groups is 2. The van der Waals surface area contributed by atoms with Crippen LogP contribution in [0.3, 0.4) is 0 Å². The molecule has 0 bridgehead atoms. The lowest BCUT2D eigenvalue weighted by Crippen LogP contribution is -2.58. The van der Waals surface area contributed by atoms with E-state index in [0.29, 0.717) is 26.0 Å². The van der Waals surface area contributed by atoms with Crippen molar-refractivity contribution >= 4 is 11.9 Å². The number of ether oxygens (including phenoxy) is 1. The molecular weight excluding hydrogens is 260 g/mol. The third-order valence-corrected chi connectivity index (χ3v) is 4.42. The Hall–Kier alpha value is -1.14. The molecule has 0 aromatic heterocycles. The summed E-state index contributed by atoms with van der Waals surface area (Å²) in [6, 6.07) is -0.388. The second-order valence-corrected chi connectivity index (χ2v) is 5.91. The van der Waals surface area contributed by atoms with Crippen LogP contribution in [0.1, 0.15) is 39.0 Å². The SMILES string of the molecule is CCCN(C(=O)C1(N)CCCC1)C1COCC1C(=O)O. The maximum Gasteiger partial charge on any atom is 0.311 e. The summed E-state index contributed by atoms with van der Waals surface area (Å²) in [4.78, 5) is 25.7. The van der Waals surface area contributed by atoms with Crippen molar-refractivity contribution in [2.75, 3.05) is 19.8 Å². The number of amides is 1. The van der Waals surface area contributed by atoms with Crippen LogP contribution in [-0.4, -0.2) is 53.2 Å². The molecule has 0 aromatic rings. The van der Waals surface area contributed by atoms with Gasteiger partial charge in [-0.05, 0) is 19.3 Å². The third kappa shape index (κ3) is 2.81. The Morgan fingerprint density at radius 2 is 2.00 bits per heavy atom. The van der Waals surface area contributed by atoms with Crippen LogP contribution >= 0.6 is 0 Å². The number of carboxylic acids is 1. The average Bonchev–Trinajstić information content (AvgIpc) is 3.04. The van der Waals surface area contributed by atoms with E-state index >= 15 is 0 Å². The molecule has 0 radical (unpaired) electrons. The van der Waals surface area contributed by atoms with Gasteiger partial charge < -0.3 is 20.5 Å². The van der Waals surface area contributed by atoms with Gasteiger partial charge in [-0.25, -0.2) is 0 Å². The van der Waals surface area contributed by atoms with E-state index in [1.165, 1.54) is 0 Å². The standard InChI is InChI=1S/C14H24N2O4/c1-2-7-16(11-9-20-8-10(11)12(17)18)13(19)14(15)5-3-4-6-14/h10-11H,2-9,15H2,1H3,(H,17,18). The summed E-state index contributed by atoms with van der Waals surface area (Å²) >= 11 is 0. The zero-order valence-electron chi connectivity index (χ0n) is 12.0. The lowest BCUT2D eigenvalue weighted by atomic mass is 9.94. The molecular formula is C14H24N2O4. The summed E-state index contributed by atoms with van der Waals surface area (Å²) < 4.78 is 5.29. The molecule has 0 aromatic carbocycles. The summed E-state index contributed by atoms with van der Waals surface area (Å²) in [6.45, 7) is 2.98. The van der Waals surface area contributed by atoms with Crippen molar-refractivity contribution in [2.24, 2.45) is 11.7 Å². The van der Waals surface area contributed by atoms with Crippen LogP contribution in [0, 0.1) is 5.92 Å². The van der Waals surface area contributed by atoms with Crippen LogP contribution in [0.5, 0.6) is 0 Å². The predicted molar refractivity (Wildman–Crippen MR) is 73.1 cm³/mol. The van der Waals surface area contributed by atoms with E-state index in [9.17, 15) is 14.7 Å². The molecule has 2 rings (SSSR count). The predicted octanol–water partition coefficient (Wildman–Crippen LogP) is 0.596. The van der Waals surface area contributed by atoms with Gasteiger partial charge in [-0.2, -0.15) is 0 Å². The first-order chi connectivity index (χ1) is 9.49. The molecule has 1 aliphatic carbocycles. The number of aliphatic carboxylic acids is 1. The topological polar surface area (TPSA) is 92.9 Å². The minimum Gasteiger partial charge on any atom is -0.481 e. The van der Waals surface area contributed by atoms with Gasteiger partial charge >= 0.3 is 5.97 Å². The highest BCUT2D eigenvalue weighted by Crippen LogP contribution is 2.31. The molecule has 2 fully saturated rings. The van der Waals surface area contributed by atoms with Gasteiger partial charge in [0.05, 0.1) is 24.8 Å². The van der Waals surface area contributed by atoms with Gasteiger partial charge in [0.1, 0.15) is 5.92 Å². The molecule has 1 saturated carbocycles. The molecule has 114 valence electrons. The highest BCUT2D eigenvalue weighted by Gasteiger charge is 2.46. The number of rotatable bonds is 5. The van der Waals surface area contributed by atoms with Crippen LogP contribution in [0.4, 0.5) is 0 Å². The molecule has 2 unspecified atom stereocenters. The monoisotopic (exact) mass is 284 g/mol. The van der Waals surface area contributed by atoms with Gasteiger partial charge in [0.25, 0.3) is 0 Å². The molecule has 1 heterocycles. The van der Waals surface area contributed by atoms with Crippen LogP contribution in [0.15, 0.2) is 0 Å². The maximum absolute atomic E-state index is 12.8. The molecule has 20 heavy (non-hydrogen) atoms. The van der Waals surface area contributed by atoms with Crippen LogP contribution in [-0.2, 0) is 14.3 Å². The average molecular weight is 284 g/mol. The maximum atomic E-state index is 12.8. The van der Waals surface area contributed by atoms with Crippen molar-refractivity contribution in [1.82, 2.24) is 4.90 Å². The molecule has 3 N–H and O–H groups in total. The number of carbonyl (C=O) groups excluding carboxylic acids is 1. The highest BCUT2D eigenvalue weighted by molar-refractivity contribution is 5.87. The Balaban J connectivity index is 2.17. The van der Waals surface area contributed by atoms with Crippen LogP contribution in [0.2, 0.25) is 0 Å². The fraction of sp³-hybridized carbons (Fsp3) is 0.857. The van der Waals surface area contributed by atoms with Gasteiger partial charge in [-0.3, -0.25) is 9.59 Å². The number of hydrogen-bond donors (Lipinski definition) is 2. The Morgan fingerprint density at radius 1 is 1.35 bits per heavy atom. The summed E-state index contributed by atoms with van der Waals surface area (Å²) in [5.41, 5.74) is 5.44.